The molecule has 0 saturated heterocycles. The molecule has 2 atom stereocenters. The highest BCUT2D eigenvalue weighted by molar-refractivity contribution is 5.81. The number of nitrogens with one attached hydrogen (secondary N) is 1. The van der Waals surface area contributed by atoms with Crippen molar-refractivity contribution in [2.75, 3.05) is 0 Å². The number of carbonyl (C=O) groups is 1. The zero-order chi connectivity index (χ0) is 13.8. The van der Waals surface area contributed by atoms with Gasteiger partial charge in [0.15, 0.2) is 0 Å². The van der Waals surface area contributed by atoms with E-state index in [4.69, 9.17) is 5.73 Å². The fourth-order valence-corrected chi connectivity index (χ4v) is 1.61. The molecule has 0 aliphatic heterocycles. The summed E-state index contributed by atoms with van der Waals surface area (Å²) in [6.45, 7) is 8.92. The quantitative estimate of drug-likeness (QED) is 0.825. The van der Waals surface area contributed by atoms with Crippen LogP contribution >= 0.6 is 0 Å². The van der Waals surface area contributed by atoms with Crippen molar-refractivity contribution >= 4 is 5.91 Å². The maximum absolute atomic E-state index is 11.9. The number of hydrogen-bond donors (Lipinski definition) is 2. The van der Waals surface area contributed by atoms with E-state index in [1.54, 1.807) is 12.5 Å². The molecule has 1 rings (SSSR count). The molecule has 5 heteroatoms. The molecule has 0 aliphatic carbocycles. The first-order valence-electron chi connectivity index (χ1n) is 6.36. The average Bonchev–Trinajstić information content (AvgIpc) is 2.78. The van der Waals surface area contributed by atoms with Gasteiger partial charge in [-0.05, 0) is 11.8 Å². The smallest absolute Gasteiger partial charge is 0.237 e. The zero-order valence-corrected chi connectivity index (χ0v) is 11.7. The fraction of sp³-hybridized carbons (Fsp3) is 0.692. The summed E-state index contributed by atoms with van der Waals surface area (Å²) >= 11 is 0. The first-order valence-corrected chi connectivity index (χ1v) is 6.36. The highest BCUT2D eigenvalue weighted by Gasteiger charge is 2.27. The number of nitrogens with zero attached hydrogens (tertiary/aromatic N) is 2. The number of aromatic nitrogens is 2. The molecule has 0 aliphatic rings. The van der Waals surface area contributed by atoms with Gasteiger partial charge in [-0.1, -0.05) is 27.7 Å². The molecule has 1 heterocycles. The van der Waals surface area contributed by atoms with Crippen LogP contribution in [0.5, 0.6) is 0 Å². The average molecular weight is 252 g/mol. The molecule has 0 spiro atoms. The second kappa shape index (κ2) is 6.00. The Morgan fingerprint density at radius 2 is 2.17 bits per heavy atom. The van der Waals surface area contributed by atoms with Crippen LogP contribution in [0.2, 0.25) is 0 Å². The summed E-state index contributed by atoms with van der Waals surface area (Å²) in [7, 11) is 0. The minimum absolute atomic E-state index is 0.0248. The third kappa shape index (κ3) is 4.14. The fourth-order valence-electron chi connectivity index (χ4n) is 1.61. The van der Waals surface area contributed by atoms with Crippen LogP contribution in [0.1, 0.15) is 34.1 Å². The van der Waals surface area contributed by atoms with Gasteiger partial charge in [0.1, 0.15) is 0 Å². The van der Waals surface area contributed by atoms with Crippen molar-refractivity contribution in [3.05, 3.63) is 18.7 Å². The van der Waals surface area contributed by atoms with Gasteiger partial charge in [-0.3, -0.25) is 4.79 Å². The van der Waals surface area contributed by atoms with E-state index in [0.717, 1.165) is 0 Å². The molecule has 1 aromatic heterocycles. The molecule has 5 nitrogen and oxygen atoms in total. The monoisotopic (exact) mass is 252 g/mol. The molecule has 0 fully saturated rings. The number of amides is 1. The van der Waals surface area contributed by atoms with Crippen LogP contribution in [0.25, 0.3) is 0 Å². The van der Waals surface area contributed by atoms with Gasteiger partial charge in [0.2, 0.25) is 5.91 Å². The highest BCUT2D eigenvalue weighted by atomic mass is 16.2. The largest absolute Gasteiger partial charge is 0.350 e. The summed E-state index contributed by atoms with van der Waals surface area (Å²) in [4.78, 5) is 15.9. The van der Waals surface area contributed by atoms with E-state index >= 15 is 0 Å². The Hall–Kier alpha value is -1.36. The molecular formula is C13H24N4O. The molecule has 1 amide bonds. The lowest BCUT2D eigenvalue weighted by molar-refractivity contribution is -0.124. The Labute approximate surface area is 109 Å². The second-order valence-electron chi connectivity index (χ2n) is 5.70. The summed E-state index contributed by atoms with van der Waals surface area (Å²) in [5.41, 5.74) is 5.72. The van der Waals surface area contributed by atoms with Crippen molar-refractivity contribution < 1.29 is 4.79 Å². The van der Waals surface area contributed by atoms with Gasteiger partial charge < -0.3 is 15.6 Å². The molecule has 0 aromatic carbocycles. The van der Waals surface area contributed by atoms with Crippen LogP contribution in [0, 0.1) is 5.41 Å². The second-order valence-corrected chi connectivity index (χ2v) is 5.70. The van der Waals surface area contributed by atoms with Gasteiger partial charge in [-0.15, -0.1) is 0 Å². The third-order valence-corrected chi connectivity index (χ3v) is 3.09. The number of imidazole rings is 1. The van der Waals surface area contributed by atoms with Crippen molar-refractivity contribution in [1.29, 1.82) is 0 Å². The van der Waals surface area contributed by atoms with Crippen molar-refractivity contribution in [2.24, 2.45) is 11.1 Å². The maximum atomic E-state index is 11.9. The normalized spacial score (nSPS) is 15.2. The molecule has 102 valence electrons. The molecule has 0 bridgehead atoms. The first kappa shape index (κ1) is 14.7. The highest BCUT2D eigenvalue weighted by Crippen LogP contribution is 2.20. The van der Waals surface area contributed by atoms with E-state index in [1.807, 2.05) is 17.7 Å². The van der Waals surface area contributed by atoms with Gasteiger partial charge in [0, 0.05) is 18.9 Å². The molecule has 1 unspecified atom stereocenters. The number of nitrogens with two attached hydrogens (primary N) is 1. The van der Waals surface area contributed by atoms with Crippen LogP contribution in [0.15, 0.2) is 18.7 Å². The van der Waals surface area contributed by atoms with Gasteiger partial charge >= 0.3 is 0 Å². The summed E-state index contributed by atoms with van der Waals surface area (Å²) in [6, 6.07) is -0.408. The maximum Gasteiger partial charge on any atom is 0.237 e. The number of hydrogen-bond acceptors (Lipinski definition) is 3. The van der Waals surface area contributed by atoms with Gasteiger partial charge in [0.05, 0.1) is 18.4 Å². The van der Waals surface area contributed by atoms with Crippen LogP contribution in [-0.2, 0) is 11.3 Å². The summed E-state index contributed by atoms with van der Waals surface area (Å²) in [5.74, 6) is -0.0856. The van der Waals surface area contributed by atoms with E-state index in [9.17, 15) is 4.79 Å². The Morgan fingerprint density at radius 1 is 1.50 bits per heavy atom. The Morgan fingerprint density at radius 3 is 2.61 bits per heavy atom. The van der Waals surface area contributed by atoms with Gasteiger partial charge in [-0.2, -0.15) is 0 Å². The molecule has 3 N–H and O–H groups in total. The van der Waals surface area contributed by atoms with E-state index in [0.29, 0.717) is 13.0 Å². The van der Waals surface area contributed by atoms with Crippen molar-refractivity contribution in [3.63, 3.8) is 0 Å². The van der Waals surface area contributed by atoms with Crippen molar-refractivity contribution in [3.8, 4) is 0 Å². The predicted molar refractivity (Wildman–Crippen MR) is 71.9 cm³/mol. The van der Waals surface area contributed by atoms with Crippen LogP contribution in [-0.4, -0.2) is 27.5 Å². The third-order valence-electron chi connectivity index (χ3n) is 3.09. The lowest BCUT2D eigenvalue weighted by Gasteiger charge is -2.32. The zero-order valence-electron chi connectivity index (χ0n) is 11.7. The predicted octanol–water partition coefficient (Wildman–Crippen LogP) is 1.15. The molecular weight excluding hydrogens is 228 g/mol. The minimum Gasteiger partial charge on any atom is -0.350 e. The van der Waals surface area contributed by atoms with E-state index < -0.39 is 6.04 Å². The van der Waals surface area contributed by atoms with Crippen molar-refractivity contribution in [1.82, 2.24) is 14.9 Å². The van der Waals surface area contributed by atoms with E-state index in [2.05, 4.69) is 31.1 Å². The minimum atomic E-state index is -0.433. The lowest BCUT2D eigenvalue weighted by atomic mass is 9.86. The van der Waals surface area contributed by atoms with Crippen LogP contribution < -0.4 is 11.1 Å². The van der Waals surface area contributed by atoms with E-state index in [-0.39, 0.29) is 17.4 Å². The van der Waals surface area contributed by atoms with E-state index in [1.165, 1.54) is 0 Å². The Bertz CT molecular complexity index is 367. The Kier molecular flexibility index (Phi) is 4.90. The van der Waals surface area contributed by atoms with Crippen molar-refractivity contribution in [2.45, 2.75) is 52.7 Å². The van der Waals surface area contributed by atoms with Crippen LogP contribution in [0.3, 0.4) is 0 Å². The summed E-state index contributed by atoms with van der Waals surface area (Å²) in [6.07, 6.45) is 6.03. The molecule has 0 saturated carbocycles. The summed E-state index contributed by atoms with van der Waals surface area (Å²) < 4.78 is 1.97. The Balaban J connectivity index is 2.71. The SMILES string of the molecule is CC[C@H](N)C(=O)NC(Cn1ccnc1)C(C)(C)C. The molecule has 1 aromatic rings. The van der Waals surface area contributed by atoms with Crippen LogP contribution in [0.4, 0.5) is 0 Å². The first-order chi connectivity index (χ1) is 8.34. The van der Waals surface area contributed by atoms with Gasteiger partial charge in [-0.25, -0.2) is 4.98 Å². The topological polar surface area (TPSA) is 72.9 Å². The number of rotatable bonds is 5. The number of carbonyl (C=O) groups excluding carboxylic acids is 1. The molecule has 18 heavy (non-hydrogen) atoms. The van der Waals surface area contributed by atoms with Gasteiger partial charge in [0.25, 0.3) is 0 Å². The summed E-state index contributed by atoms with van der Waals surface area (Å²) in [5, 5.41) is 3.03. The lowest BCUT2D eigenvalue weighted by Crippen LogP contribution is -2.51. The standard InChI is InChI=1S/C13H24N4O/c1-5-10(14)12(18)16-11(13(2,3)4)8-17-7-6-15-9-17/h6-7,9-11H,5,8,14H2,1-4H3,(H,16,18)/t10-,11?/m0/s1. The molecule has 0 radical (unpaired) electrons.